The Morgan fingerprint density at radius 3 is 2.80 bits per heavy atom. The fourth-order valence-corrected chi connectivity index (χ4v) is 3.11. The zero-order valence-corrected chi connectivity index (χ0v) is 14.6. The monoisotopic (exact) mass is 346 g/mol. The van der Waals surface area contributed by atoms with Crippen LogP contribution in [0.3, 0.4) is 0 Å². The normalized spacial score (nSPS) is 15.9. The van der Waals surface area contributed by atoms with E-state index in [1.54, 1.807) is 15.6 Å². The number of aryl methyl sites for hydroxylation is 1. The van der Waals surface area contributed by atoms with E-state index in [0.29, 0.717) is 18.8 Å². The zero-order chi connectivity index (χ0) is 17.8. The molecule has 0 aliphatic carbocycles. The van der Waals surface area contributed by atoms with E-state index in [9.17, 15) is 9.18 Å². The first-order valence-electron chi connectivity index (χ1n) is 8.39. The number of amides is 1. The van der Waals surface area contributed by atoms with Crippen LogP contribution in [0.15, 0.2) is 30.6 Å². The summed E-state index contributed by atoms with van der Waals surface area (Å²) in [5.41, 5.74) is 1.25. The summed E-state index contributed by atoms with van der Waals surface area (Å²) < 4.78 is 20.9. The molecule has 134 valence electrons. The summed E-state index contributed by atoms with van der Waals surface area (Å²) in [6.45, 7) is 3.70. The molecule has 1 aromatic heterocycles. The summed E-state index contributed by atoms with van der Waals surface area (Å²) >= 11 is 0. The molecule has 2 aromatic rings. The van der Waals surface area contributed by atoms with Gasteiger partial charge < -0.3 is 9.64 Å². The molecule has 1 aliphatic rings. The van der Waals surface area contributed by atoms with Gasteiger partial charge in [0.2, 0.25) is 0 Å². The van der Waals surface area contributed by atoms with E-state index < -0.39 is 5.82 Å². The Labute approximate surface area is 146 Å². The standard InChI is InChI=1S/C18H23FN4O2/c1-21-12-14(11-20-21)13-22-6-3-7-23(9-8-22)18(24)16-5-4-15(25-2)10-17(16)19/h4-5,10-12H,3,6-9,13H2,1-2H3. The molecule has 6 nitrogen and oxygen atoms in total. The van der Waals surface area contributed by atoms with E-state index in [-0.39, 0.29) is 11.5 Å². The van der Waals surface area contributed by atoms with E-state index in [1.165, 1.54) is 19.2 Å². The molecule has 0 unspecified atom stereocenters. The first-order valence-corrected chi connectivity index (χ1v) is 8.39. The Balaban J connectivity index is 1.63. The molecular formula is C18H23FN4O2. The molecular weight excluding hydrogens is 323 g/mol. The van der Waals surface area contributed by atoms with Gasteiger partial charge >= 0.3 is 0 Å². The lowest BCUT2D eigenvalue weighted by molar-refractivity contribution is 0.0756. The highest BCUT2D eigenvalue weighted by Gasteiger charge is 2.23. The van der Waals surface area contributed by atoms with E-state index in [4.69, 9.17) is 4.74 Å². The minimum Gasteiger partial charge on any atom is -0.497 e. The van der Waals surface area contributed by atoms with Crippen molar-refractivity contribution < 1.29 is 13.9 Å². The van der Waals surface area contributed by atoms with Gasteiger partial charge in [-0.15, -0.1) is 0 Å². The quantitative estimate of drug-likeness (QED) is 0.849. The smallest absolute Gasteiger partial charge is 0.256 e. The van der Waals surface area contributed by atoms with Crippen LogP contribution in [0.25, 0.3) is 0 Å². The molecule has 2 heterocycles. The molecule has 0 atom stereocenters. The van der Waals surface area contributed by atoms with Gasteiger partial charge in [0.1, 0.15) is 11.6 Å². The van der Waals surface area contributed by atoms with Crippen LogP contribution in [-0.4, -0.2) is 58.8 Å². The average molecular weight is 346 g/mol. The highest BCUT2D eigenvalue weighted by atomic mass is 19.1. The molecule has 25 heavy (non-hydrogen) atoms. The summed E-state index contributed by atoms with van der Waals surface area (Å²) in [7, 11) is 3.37. The number of ether oxygens (including phenoxy) is 1. The van der Waals surface area contributed by atoms with Gasteiger partial charge in [-0.05, 0) is 18.6 Å². The topological polar surface area (TPSA) is 50.6 Å². The first-order chi connectivity index (χ1) is 12.1. The molecule has 1 fully saturated rings. The Kier molecular flexibility index (Phi) is 5.33. The van der Waals surface area contributed by atoms with Crippen LogP contribution in [0, 0.1) is 5.82 Å². The van der Waals surface area contributed by atoms with Crippen molar-refractivity contribution in [1.29, 1.82) is 0 Å². The van der Waals surface area contributed by atoms with Crippen molar-refractivity contribution in [3.8, 4) is 5.75 Å². The highest BCUT2D eigenvalue weighted by Crippen LogP contribution is 2.19. The van der Waals surface area contributed by atoms with Gasteiger partial charge in [-0.25, -0.2) is 4.39 Å². The second-order valence-electron chi connectivity index (χ2n) is 6.29. The van der Waals surface area contributed by atoms with Gasteiger partial charge in [-0.2, -0.15) is 5.10 Å². The molecule has 1 aliphatic heterocycles. The third-order valence-electron chi connectivity index (χ3n) is 4.45. The molecule has 1 saturated heterocycles. The van der Waals surface area contributed by atoms with Crippen LogP contribution in [0.5, 0.6) is 5.75 Å². The van der Waals surface area contributed by atoms with Gasteiger partial charge in [0.25, 0.3) is 5.91 Å². The minimum absolute atomic E-state index is 0.0986. The molecule has 1 amide bonds. The number of rotatable bonds is 4. The summed E-state index contributed by atoms with van der Waals surface area (Å²) in [5, 5.41) is 4.19. The maximum atomic E-state index is 14.2. The van der Waals surface area contributed by atoms with E-state index in [1.807, 2.05) is 19.4 Å². The summed E-state index contributed by atoms with van der Waals surface area (Å²) in [4.78, 5) is 16.7. The van der Waals surface area contributed by atoms with Crippen molar-refractivity contribution in [3.63, 3.8) is 0 Å². The maximum Gasteiger partial charge on any atom is 0.256 e. The molecule has 7 heteroatoms. The Hall–Kier alpha value is -2.41. The first kappa shape index (κ1) is 17.4. The van der Waals surface area contributed by atoms with Crippen LogP contribution >= 0.6 is 0 Å². The third-order valence-corrected chi connectivity index (χ3v) is 4.45. The van der Waals surface area contributed by atoms with Crippen LogP contribution in [0.2, 0.25) is 0 Å². The average Bonchev–Trinajstić information content (AvgIpc) is 2.87. The minimum atomic E-state index is -0.541. The summed E-state index contributed by atoms with van der Waals surface area (Å²) in [6.07, 6.45) is 4.73. The molecule has 1 aromatic carbocycles. The number of nitrogens with zero attached hydrogens (tertiary/aromatic N) is 4. The number of methoxy groups -OCH3 is 1. The largest absolute Gasteiger partial charge is 0.497 e. The lowest BCUT2D eigenvalue weighted by Gasteiger charge is -2.22. The van der Waals surface area contributed by atoms with E-state index >= 15 is 0 Å². The summed E-state index contributed by atoms with van der Waals surface area (Å²) in [6, 6.07) is 4.36. The van der Waals surface area contributed by atoms with E-state index in [0.717, 1.165) is 31.6 Å². The zero-order valence-electron chi connectivity index (χ0n) is 14.6. The molecule has 0 bridgehead atoms. The molecule has 0 saturated carbocycles. The fraction of sp³-hybridized carbons (Fsp3) is 0.444. The predicted octanol–water partition coefficient (Wildman–Crippen LogP) is 1.92. The van der Waals surface area contributed by atoms with Crippen LogP contribution in [0.1, 0.15) is 22.3 Å². The van der Waals surface area contributed by atoms with Crippen LogP contribution in [-0.2, 0) is 13.6 Å². The molecule has 0 spiro atoms. The predicted molar refractivity (Wildman–Crippen MR) is 92.0 cm³/mol. The van der Waals surface area contributed by atoms with Crippen molar-refractivity contribution in [2.75, 3.05) is 33.3 Å². The summed E-state index contributed by atoms with van der Waals surface area (Å²) in [5.74, 6) is -0.392. The number of halogens is 1. The number of carbonyl (C=O) groups excluding carboxylic acids is 1. The Morgan fingerprint density at radius 2 is 2.12 bits per heavy atom. The second-order valence-corrected chi connectivity index (χ2v) is 6.29. The fourth-order valence-electron chi connectivity index (χ4n) is 3.11. The highest BCUT2D eigenvalue weighted by molar-refractivity contribution is 5.94. The molecule has 3 rings (SSSR count). The lowest BCUT2D eigenvalue weighted by Crippen LogP contribution is -2.35. The molecule has 0 N–H and O–H groups in total. The van der Waals surface area contributed by atoms with Crippen LogP contribution < -0.4 is 4.74 Å². The van der Waals surface area contributed by atoms with Gasteiger partial charge in [-0.3, -0.25) is 14.4 Å². The third kappa shape index (κ3) is 4.17. The number of carbonyl (C=O) groups is 1. The van der Waals surface area contributed by atoms with Gasteiger partial charge in [0.05, 0.1) is 18.9 Å². The van der Waals surface area contributed by atoms with Gasteiger partial charge in [-0.1, -0.05) is 0 Å². The van der Waals surface area contributed by atoms with Crippen molar-refractivity contribution in [3.05, 3.63) is 47.5 Å². The second kappa shape index (κ2) is 7.65. The van der Waals surface area contributed by atoms with E-state index in [2.05, 4.69) is 10.00 Å². The van der Waals surface area contributed by atoms with Gasteiger partial charge in [0.15, 0.2) is 0 Å². The molecule has 0 radical (unpaired) electrons. The SMILES string of the molecule is COc1ccc(C(=O)N2CCCN(Cc3cnn(C)c3)CC2)c(F)c1. The maximum absolute atomic E-state index is 14.2. The van der Waals surface area contributed by atoms with Gasteiger partial charge in [0, 0.05) is 57.6 Å². The van der Waals surface area contributed by atoms with Crippen molar-refractivity contribution in [2.24, 2.45) is 7.05 Å². The Bertz CT molecular complexity index is 746. The van der Waals surface area contributed by atoms with Crippen molar-refractivity contribution >= 4 is 5.91 Å². The number of aromatic nitrogens is 2. The lowest BCUT2D eigenvalue weighted by atomic mass is 10.1. The number of hydrogen-bond donors (Lipinski definition) is 0. The van der Waals surface area contributed by atoms with Crippen LogP contribution in [0.4, 0.5) is 4.39 Å². The van der Waals surface area contributed by atoms with Crippen molar-refractivity contribution in [2.45, 2.75) is 13.0 Å². The van der Waals surface area contributed by atoms with Crippen molar-refractivity contribution in [1.82, 2.24) is 19.6 Å². The Morgan fingerprint density at radius 1 is 1.28 bits per heavy atom. The number of benzene rings is 1. The number of hydrogen-bond acceptors (Lipinski definition) is 4.